The standard InChI is InChI=1S/C14H17N3O5S/c18-13(16-14(23)15-8-12-2-1-7-21-12)9-22-11-5-3-10(4-6-11)17(19)20/h3-6,12H,1-2,7-9H2,(H2,15,16,18,23). The van der Waals surface area contributed by atoms with Crippen molar-refractivity contribution in [1.82, 2.24) is 10.6 Å². The Morgan fingerprint density at radius 3 is 2.78 bits per heavy atom. The summed E-state index contributed by atoms with van der Waals surface area (Å²) >= 11 is 5.01. The molecule has 0 aromatic heterocycles. The molecule has 1 aromatic rings. The van der Waals surface area contributed by atoms with Gasteiger partial charge >= 0.3 is 0 Å². The highest BCUT2D eigenvalue weighted by molar-refractivity contribution is 7.80. The summed E-state index contributed by atoms with van der Waals surface area (Å²) in [5.41, 5.74) is -0.0405. The fraction of sp³-hybridized carbons (Fsp3) is 0.429. The SMILES string of the molecule is O=C(COc1ccc([N+](=O)[O-])cc1)NC(=S)NCC1CCCO1. The molecule has 1 amide bonds. The fourth-order valence-corrected chi connectivity index (χ4v) is 2.23. The molecule has 0 saturated carbocycles. The van der Waals surface area contributed by atoms with Gasteiger partial charge in [-0.15, -0.1) is 0 Å². The van der Waals surface area contributed by atoms with Crippen LogP contribution in [0.3, 0.4) is 0 Å². The number of nitro groups is 1. The molecule has 2 rings (SSSR count). The quantitative estimate of drug-likeness (QED) is 0.455. The lowest BCUT2D eigenvalue weighted by Gasteiger charge is -2.13. The fourth-order valence-electron chi connectivity index (χ4n) is 2.03. The Labute approximate surface area is 138 Å². The molecule has 0 spiro atoms. The number of carbonyl (C=O) groups excluding carboxylic acids is 1. The lowest BCUT2D eigenvalue weighted by Crippen LogP contribution is -2.43. The summed E-state index contributed by atoms with van der Waals surface area (Å²) in [4.78, 5) is 21.7. The maximum absolute atomic E-state index is 11.7. The van der Waals surface area contributed by atoms with Crippen LogP contribution < -0.4 is 15.4 Å². The van der Waals surface area contributed by atoms with E-state index in [1.54, 1.807) is 0 Å². The van der Waals surface area contributed by atoms with Gasteiger partial charge in [0.2, 0.25) is 0 Å². The average molecular weight is 339 g/mol. The van der Waals surface area contributed by atoms with Crippen LogP contribution in [-0.2, 0) is 9.53 Å². The Bertz CT molecular complexity index is 572. The van der Waals surface area contributed by atoms with Crippen molar-refractivity contribution >= 4 is 28.9 Å². The normalized spacial score (nSPS) is 16.6. The van der Waals surface area contributed by atoms with Gasteiger partial charge in [-0.1, -0.05) is 0 Å². The number of benzene rings is 1. The van der Waals surface area contributed by atoms with Gasteiger partial charge in [-0.3, -0.25) is 14.9 Å². The van der Waals surface area contributed by atoms with E-state index in [0.717, 1.165) is 19.4 Å². The molecule has 1 aliphatic rings. The lowest BCUT2D eigenvalue weighted by atomic mass is 10.2. The number of carbonyl (C=O) groups is 1. The molecule has 1 atom stereocenters. The van der Waals surface area contributed by atoms with Crippen LogP contribution >= 0.6 is 12.2 Å². The number of ether oxygens (including phenoxy) is 2. The van der Waals surface area contributed by atoms with Crippen LogP contribution in [0.5, 0.6) is 5.75 Å². The van der Waals surface area contributed by atoms with Crippen molar-refractivity contribution in [2.75, 3.05) is 19.8 Å². The summed E-state index contributed by atoms with van der Waals surface area (Å²) in [7, 11) is 0. The van der Waals surface area contributed by atoms with E-state index in [0.29, 0.717) is 12.3 Å². The van der Waals surface area contributed by atoms with Crippen LogP contribution in [0.4, 0.5) is 5.69 Å². The van der Waals surface area contributed by atoms with Crippen molar-refractivity contribution in [2.24, 2.45) is 0 Å². The number of nitro benzene ring substituents is 1. The largest absolute Gasteiger partial charge is 0.484 e. The Kier molecular flexibility index (Phi) is 6.24. The predicted molar refractivity (Wildman–Crippen MR) is 86.3 cm³/mol. The van der Waals surface area contributed by atoms with Crippen LogP contribution in [0.2, 0.25) is 0 Å². The number of rotatable bonds is 6. The van der Waals surface area contributed by atoms with E-state index in [4.69, 9.17) is 21.7 Å². The summed E-state index contributed by atoms with van der Waals surface area (Å²) in [6.07, 6.45) is 2.14. The van der Waals surface area contributed by atoms with Crippen molar-refractivity contribution in [3.8, 4) is 5.75 Å². The van der Waals surface area contributed by atoms with Crippen LogP contribution in [0, 0.1) is 10.1 Å². The summed E-state index contributed by atoms with van der Waals surface area (Å²) in [6, 6.07) is 5.47. The Balaban J connectivity index is 1.67. The van der Waals surface area contributed by atoms with E-state index in [2.05, 4.69) is 10.6 Å². The second kappa shape index (κ2) is 8.39. The average Bonchev–Trinajstić information content (AvgIpc) is 3.05. The number of nitrogens with zero attached hydrogens (tertiary/aromatic N) is 1. The predicted octanol–water partition coefficient (Wildman–Crippen LogP) is 1.14. The highest BCUT2D eigenvalue weighted by Gasteiger charge is 2.15. The van der Waals surface area contributed by atoms with Gasteiger partial charge < -0.3 is 20.1 Å². The van der Waals surface area contributed by atoms with Gasteiger partial charge in [0.15, 0.2) is 11.7 Å². The summed E-state index contributed by atoms with van der Waals surface area (Å²) in [6.45, 7) is 1.08. The third-order valence-electron chi connectivity index (χ3n) is 3.18. The Morgan fingerprint density at radius 2 is 2.17 bits per heavy atom. The van der Waals surface area contributed by atoms with Gasteiger partial charge in [0, 0.05) is 25.3 Å². The monoisotopic (exact) mass is 339 g/mol. The first-order chi connectivity index (χ1) is 11.0. The van der Waals surface area contributed by atoms with Gasteiger partial charge in [0.05, 0.1) is 11.0 Å². The van der Waals surface area contributed by atoms with Gasteiger partial charge in [0.25, 0.3) is 11.6 Å². The molecule has 0 bridgehead atoms. The molecule has 1 unspecified atom stereocenters. The zero-order chi connectivity index (χ0) is 16.7. The molecule has 1 aliphatic heterocycles. The maximum Gasteiger partial charge on any atom is 0.269 e. The van der Waals surface area contributed by atoms with Crippen LogP contribution in [-0.4, -0.2) is 41.8 Å². The van der Waals surface area contributed by atoms with Crippen molar-refractivity contribution in [3.63, 3.8) is 0 Å². The van der Waals surface area contributed by atoms with Crippen molar-refractivity contribution in [3.05, 3.63) is 34.4 Å². The first-order valence-electron chi connectivity index (χ1n) is 7.11. The molecule has 1 aromatic carbocycles. The zero-order valence-corrected chi connectivity index (χ0v) is 13.1. The number of hydrogen-bond donors (Lipinski definition) is 2. The minimum absolute atomic E-state index is 0.0405. The Morgan fingerprint density at radius 1 is 1.43 bits per heavy atom. The van der Waals surface area contributed by atoms with Crippen molar-refractivity contribution in [2.45, 2.75) is 18.9 Å². The van der Waals surface area contributed by atoms with E-state index in [1.165, 1.54) is 24.3 Å². The first-order valence-corrected chi connectivity index (χ1v) is 7.52. The third kappa shape index (κ3) is 5.80. The summed E-state index contributed by atoms with van der Waals surface area (Å²) in [5.74, 6) is -0.0443. The molecule has 1 saturated heterocycles. The first kappa shape index (κ1) is 17.1. The van der Waals surface area contributed by atoms with Crippen LogP contribution in [0.1, 0.15) is 12.8 Å². The van der Waals surface area contributed by atoms with E-state index in [-0.39, 0.29) is 23.5 Å². The van der Waals surface area contributed by atoms with Crippen molar-refractivity contribution in [1.29, 1.82) is 0 Å². The highest BCUT2D eigenvalue weighted by Crippen LogP contribution is 2.17. The molecule has 0 radical (unpaired) electrons. The van der Waals surface area contributed by atoms with Crippen LogP contribution in [0.25, 0.3) is 0 Å². The van der Waals surface area contributed by atoms with E-state index in [9.17, 15) is 14.9 Å². The van der Waals surface area contributed by atoms with E-state index >= 15 is 0 Å². The number of non-ortho nitro benzene ring substituents is 1. The molecule has 8 nitrogen and oxygen atoms in total. The Hall–Kier alpha value is -2.26. The molecule has 23 heavy (non-hydrogen) atoms. The van der Waals surface area contributed by atoms with E-state index < -0.39 is 10.8 Å². The second-order valence-corrected chi connectivity index (χ2v) is 5.34. The van der Waals surface area contributed by atoms with Gasteiger partial charge in [-0.25, -0.2) is 0 Å². The lowest BCUT2D eigenvalue weighted by molar-refractivity contribution is -0.384. The van der Waals surface area contributed by atoms with Gasteiger partial charge in [0.1, 0.15) is 5.75 Å². The van der Waals surface area contributed by atoms with Gasteiger partial charge in [-0.2, -0.15) is 0 Å². The van der Waals surface area contributed by atoms with Crippen LogP contribution in [0.15, 0.2) is 24.3 Å². The molecule has 0 aliphatic carbocycles. The smallest absolute Gasteiger partial charge is 0.269 e. The molecule has 124 valence electrons. The minimum Gasteiger partial charge on any atom is -0.484 e. The second-order valence-electron chi connectivity index (χ2n) is 4.93. The molecule has 9 heteroatoms. The van der Waals surface area contributed by atoms with Crippen molar-refractivity contribution < 1.29 is 19.2 Å². The third-order valence-corrected chi connectivity index (χ3v) is 3.43. The van der Waals surface area contributed by atoms with Gasteiger partial charge in [-0.05, 0) is 37.2 Å². The zero-order valence-electron chi connectivity index (χ0n) is 12.3. The minimum atomic E-state index is -0.505. The number of nitrogens with one attached hydrogen (secondary N) is 2. The number of hydrogen-bond acceptors (Lipinski definition) is 6. The molecule has 1 fully saturated rings. The van der Waals surface area contributed by atoms with E-state index in [1.807, 2.05) is 0 Å². The molecule has 2 N–H and O–H groups in total. The molecular formula is C14H17N3O5S. The summed E-state index contributed by atoms with van der Waals surface area (Å²) in [5, 5.41) is 16.2. The molecular weight excluding hydrogens is 322 g/mol. The topological polar surface area (TPSA) is 103 Å². The highest BCUT2D eigenvalue weighted by atomic mass is 32.1. The number of amides is 1. The summed E-state index contributed by atoms with van der Waals surface area (Å²) < 4.78 is 10.7. The number of thiocarbonyl (C=S) groups is 1. The maximum atomic E-state index is 11.7. The molecule has 1 heterocycles.